The summed E-state index contributed by atoms with van der Waals surface area (Å²) in [6.07, 6.45) is 5.67. The largest absolute Gasteiger partial charge is 0.372 e. The Morgan fingerprint density at radius 1 is 1.33 bits per heavy atom. The van der Waals surface area contributed by atoms with Gasteiger partial charge in [-0.3, -0.25) is 0 Å². The molecule has 3 rings (SSSR count). The fourth-order valence-electron chi connectivity index (χ4n) is 2.47. The number of benzene rings is 1. The highest BCUT2D eigenvalue weighted by atomic mass is 15.2. The van der Waals surface area contributed by atoms with Gasteiger partial charge in [0.05, 0.1) is 6.20 Å². The number of aromatic nitrogens is 3. The molecule has 0 atom stereocenters. The molecule has 0 fully saturated rings. The lowest BCUT2D eigenvalue weighted by molar-refractivity contribution is 0.974. The highest BCUT2D eigenvalue weighted by Crippen LogP contribution is 2.28. The van der Waals surface area contributed by atoms with Crippen molar-refractivity contribution in [2.45, 2.75) is 13.8 Å². The summed E-state index contributed by atoms with van der Waals surface area (Å²) in [6.45, 7) is 5.04. The van der Waals surface area contributed by atoms with Gasteiger partial charge < -0.3 is 14.6 Å². The maximum Gasteiger partial charge on any atom is 0.180 e. The van der Waals surface area contributed by atoms with E-state index in [0.717, 1.165) is 29.5 Å². The molecule has 0 saturated heterocycles. The summed E-state index contributed by atoms with van der Waals surface area (Å²) in [5, 5.41) is 3.10. The van der Waals surface area contributed by atoms with Gasteiger partial charge in [-0.2, -0.15) is 0 Å². The van der Waals surface area contributed by atoms with Gasteiger partial charge in [0, 0.05) is 31.7 Å². The Balaban J connectivity index is 2.18. The van der Waals surface area contributed by atoms with Crippen molar-refractivity contribution in [2.75, 3.05) is 23.8 Å². The molecule has 1 aromatic carbocycles. The van der Waals surface area contributed by atoms with Crippen molar-refractivity contribution in [1.82, 2.24) is 14.4 Å². The standard InChI is InChI=1S/C16H19N5/c1-4-21(13-7-5-6-12(2)10-13)16-15-18-8-9-20(15)11-14(17-3)19-16/h5-11,17H,4H2,1-3H3. The smallest absolute Gasteiger partial charge is 0.180 e. The van der Waals surface area contributed by atoms with Gasteiger partial charge in [-0.1, -0.05) is 12.1 Å². The zero-order valence-corrected chi connectivity index (χ0v) is 12.5. The van der Waals surface area contributed by atoms with Crippen LogP contribution in [0.25, 0.3) is 5.65 Å². The number of nitrogens with one attached hydrogen (secondary N) is 1. The van der Waals surface area contributed by atoms with E-state index in [1.54, 1.807) is 6.20 Å². The lowest BCUT2D eigenvalue weighted by Crippen LogP contribution is -2.19. The summed E-state index contributed by atoms with van der Waals surface area (Å²) in [5.74, 6) is 1.68. The van der Waals surface area contributed by atoms with Crippen LogP contribution in [-0.4, -0.2) is 28.0 Å². The molecule has 3 aromatic rings. The minimum atomic E-state index is 0.821. The molecule has 0 bridgehead atoms. The van der Waals surface area contributed by atoms with Gasteiger partial charge in [0.2, 0.25) is 0 Å². The number of rotatable bonds is 4. The zero-order chi connectivity index (χ0) is 14.8. The molecule has 0 aliphatic carbocycles. The van der Waals surface area contributed by atoms with Gasteiger partial charge in [0.15, 0.2) is 11.5 Å². The Bertz CT molecular complexity index is 762. The normalized spacial score (nSPS) is 10.8. The van der Waals surface area contributed by atoms with E-state index in [-0.39, 0.29) is 0 Å². The maximum absolute atomic E-state index is 4.70. The first-order valence-electron chi connectivity index (χ1n) is 7.08. The number of aryl methyl sites for hydroxylation is 1. The van der Waals surface area contributed by atoms with E-state index in [1.165, 1.54) is 5.56 Å². The molecule has 5 nitrogen and oxygen atoms in total. The number of fused-ring (bicyclic) bond motifs is 1. The zero-order valence-electron chi connectivity index (χ0n) is 12.5. The minimum absolute atomic E-state index is 0.821. The van der Waals surface area contributed by atoms with Crippen molar-refractivity contribution in [3.8, 4) is 0 Å². The van der Waals surface area contributed by atoms with Crippen LogP contribution in [0.15, 0.2) is 42.9 Å². The van der Waals surface area contributed by atoms with Crippen molar-refractivity contribution >= 4 is 23.0 Å². The summed E-state index contributed by atoms with van der Waals surface area (Å²) >= 11 is 0. The molecule has 21 heavy (non-hydrogen) atoms. The predicted octanol–water partition coefficient (Wildman–Crippen LogP) is 3.24. The summed E-state index contributed by atoms with van der Waals surface area (Å²) < 4.78 is 1.99. The first-order chi connectivity index (χ1) is 10.2. The quantitative estimate of drug-likeness (QED) is 0.797. The van der Waals surface area contributed by atoms with Crippen molar-refractivity contribution in [3.63, 3.8) is 0 Å². The molecule has 2 heterocycles. The van der Waals surface area contributed by atoms with Gasteiger partial charge in [-0.15, -0.1) is 0 Å². The fraction of sp³-hybridized carbons (Fsp3) is 0.250. The van der Waals surface area contributed by atoms with Crippen LogP contribution < -0.4 is 10.2 Å². The Kier molecular flexibility index (Phi) is 3.48. The number of hydrogen-bond acceptors (Lipinski definition) is 4. The van der Waals surface area contributed by atoms with Crippen molar-refractivity contribution in [2.24, 2.45) is 0 Å². The average molecular weight is 281 g/mol. The third-order valence-electron chi connectivity index (χ3n) is 3.50. The van der Waals surface area contributed by atoms with E-state index in [2.05, 4.69) is 53.3 Å². The van der Waals surface area contributed by atoms with Crippen LogP contribution in [0.5, 0.6) is 0 Å². The Morgan fingerprint density at radius 3 is 2.90 bits per heavy atom. The molecular formula is C16H19N5. The molecule has 0 aliphatic heterocycles. The first kappa shape index (κ1) is 13.4. The predicted molar refractivity (Wildman–Crippen MR) is 86.4 cm³/mol. The van der Waals surface area contributed by atoms with E-state index in [1.807, 2.05) is 23.8 Å². The summed E-state index contributed by atoms with van der Waals surface area (Å²) in [7, 11) is 1.87. The molecule has 5 heteroatoms. The molecule has 0 aliphatic rings. The second kappa shape index (κ2) is 5.44. The number of imidazole rings is 1. The Morgan fingerprint density at radius 2 is 2.19 bits per heavy atom. The first-order valence-corrected chi connectivity index (χ1v) is 7.08. The van der Waals surface area contributed by atoms with Crippen molar-refractivity contribution in [3.05, 3.63) is 48.4 Å². The second-order valence-corrected chi connectivity index (χ2v) is 4.94. The van der Waals surface area contributed by atoms with E-state index in [0.29, 0.717) is 0 Å². The number of hydrogen-bond donors (Lipinski definition) is 1. The maximum atomic E-state index is 4.70. The van der Waals surface area contributed by atoms with Gasteiger partial charge in [0.25, 0.3) is 0 Å². The molecule has 0 saturated carbocycles. The lowest BCUT2D eigenvalue weighted by Gasteiger charge is -2.23. The van der Waals surface area contributed by atoms with Crippen LogP contribution in [0.2, 0.25) is 0 Å². The molecule has 0 spiro atoms. The third-order valence-corrected chi connectivity index (χ3v) is 3.50. The third kappa shape index (κ3) is 2.42. The average Bonchev–Trinajstić information content (AvgIpc) is 2.96. The van der Waals surface area contributed by atoms with Crippen LogP contribution >= 0.6 is 0 Å². The Labute approximate surface area is 124 Å². The molecular weight excluding hydrogens is 262 g/mol. The van der Waals surface area contributed by atoms with Gasteiger partial charge in [-0.25, -0.2) is 9.97 Å². The van der Waals surface area contributed by atoms with Crippen LogP contribution in [-0.2, 0) is 0 Å². The second-order valence-electron chi connectivity index (χ2n) is 4.94. The SMILES string of the molecule is CCN(c1cccc(C)c1)c1nc(NC)cn2ccnc12. The molecule has 1 N–H and O–H groups in total. The van der Waals surface area contributed by atoms with Crippen molar-refractivity contribution < 1.29 is 0 Å². The summed E-state index contributed by atoms with van der Waals surface area (Å²) in [6, 6.07) is 8.43. The van der Waals surface area contributed by atoms with E-state index >= 15 is 0 Å². The summed E-state index contributed by atoms with van der Waals surface area (Å²) in [4.78, 5) is 11.3. The van der Waals surface area contributed by atoms with Gasteiger partial charge in [0.1, 0.15) is 5.82 Å². The molecule has 108 valence electrons. The topological polar surface area (TPSA) is 45.5 Å². The highest BCUT2D eigenvalue weighted by Gasteiger charge is 2.15. The van der Waals surface area contributed by atoms with Crippen LogP contribution in [0.3, 0.4) is 0 Å². The summed E-state index contributed by atoms with van der Waals surface area (Å²) in [5.41, 5.74) is 3.22. The van der Waals surface area contributed by atoms with Crippen LogP contribution in [0, 0.1) is 6.92 Å². The molecule has 2 aromatic heterocycles. The van der Waals surface area contributed by atoms with E-state index in [4.69, 9.17) is 4.98 Å². The van der Waals surface area contributed by atoms with E-state index in [9.17, 15) is 0 Å². The monoisotopic (exact) mass is 281 g/mol. The minimum Gasteiger partial charge on any atom is -0.372 e. The number of nitrogens with zero attached hydrogens (tertiary/aromatic N) is 4. The van der Waals surface area contributed by atoms with Gasteiger partial charge in [-0.05, 0) is 31.5 Å². The molecule has 0 unspecified atom stereocenters. The molecule has 0 radical (unpaired) electrons. The van der Waals surface area contributed by atoms with E-state index < -0.39 is 0 Å². The molecule has 0 amide bonds. The highest BCUT2D eigenvalue weighted by molar-refractivity contribution is 5.74. The van der Waals surface area contributed by atoms with Crippen LogP contribution in [0.4, 0.5) is 17.3 Å². The fourth-order valence-corrected chi connectivity index (χ4v) is 2.47. The van der Waals surface area contributed by atoms with Gasteiger partial charge >= 0.3 is 0 Å². The van der Waals surface area contributed by atoms with Crippen molar-refractivity contribution in [1.29, 1.82) is 0 Å². The number of anilines is 3. The van der Waals surface area contributed by atoms with Crippen LogP contribution in [0.1, 0.15) is 12.5 Å². The lowest BCUT2D eigenvalue weighted by atomic mass is 10.2. The Hall–Kier alpha value is -2.56.